The second-order valence-electron chi connectivity index (χ2n) is 7.11. The molecule has 3 aromatic carbocycles. The Labute approximate surface area is 179 Å². The van der Waals surface area contributed by atoms with Gasteiger partial charge in [-0.1, -0.05) is 6.07 Å². The van der Waals surface area contributed by atoms with Crippen molar-refractivity contribution in [1.82, 2.24) is 0 Å². The number of thioether (sulfide) groups is 1. The lowest BCUT2D eigenvalue weighted by Crippen LogP contribution is -2.22. The van der Waals surface area contributed by atoms with Gasteiger partial charge in [0, 0.05) is 21.8 Å². The Hall–Kier alpha value is -3.12. The number of halogens is 1. The van der Waals surface area contributed by atoms with Crippen LogP contribution in [0.15, 0.2) is 71.6 Å². The van der Waals surface area contributed by atoms with Crippen LogP contribution >= 0.6 is 11.8 Å². The number of amides is 2. The number of rotatable bonds is 6. The topological polar surface area (TPSA) is 58.2 Å². The summed E-state index contributed by atoms with van der Waals surface area (Å²) in [6.07, 6.45) is 0. The monoisotopic (exact) mass is 422 g/mol. The number of aryl methyl sites for hydroxylation is 2. The Kier molecular flexibility index (Phi) is 6.90. The first kappa shape index (κ1) is 21.6. The molecule has 154 valence electrons. The van der Waals surface area contributed by atoms with Crippen LogP contribution in [-0.4, -0.2) is 17.1 Å². The molecule has 0 aliphatic rings. The van der Waals surface area contributed by atoms with Crippen molar-refractivity contribution >= 4 is 35.0 Å². The number of hydrogen-bond donors (Lipinski definition) is 2. The third-order valence-electron chi connectivity index (χ3n) is 4.39. The van der Waals surface area contributed by atoms with Crippen molar-refractivity contribution < 1.29 is 14.0 Å². The lowest BCUT2D eigenvalue weighted by atomic mass is 10.1. The summed E-state index contributed by atoms with van der Waals surface area (Å²) in [5.74, 6) is -0.765. The third kappa shape index (κ3) is 5.94. The molecule has 1 unspecified atom stereocenters. The summed E-state index contributed by atoms with van der Waals surface area (Å²) in [5, 5.41) is 5.45. The van der Waals surface area contributed by atoms with E-state index in [1.807, 2.05) is 45.0 Å². The molecular formula is C24H23FN2O2S. The van der Waals surface area contributed by atoms with Gasteiger partial charge < -0.3 is 10.6 Å². The summed E-state index contributed by atoms with van der Waals surface area (Å²) in [7, 11) is 0. The molecule has 0 fully saturated rings. The molecule has 30 heavy (non-hydrogen) atoms. The number of hydrogen-bond acceptors (Lipinski definition) is 3. The smallest absolute Gasteiger partial charge is 0.255 e. The van der Waals surface area contributed by atoms with Crippen LogP contribution in [0.1, 0.15) is 28.4 Å². The molecule has 3 rings (SSSR count). The summed E-state index contributed by atoms with van der Waals surface area (Å²) >= 11 is 1.44. The third-order valence-corrected chi connectivity index (χ3v) is 5.50. The van der Waals surface area contributed by atoms with Crippen molar-refractivity contribution in [2.75, 3.05) is 10.6 Å². The molecule has 0 bridgehead atoms. The largest absolute Gasteiger partial charge is 0.325 e. The summed E-state index contributed by atoms with van der Waals surface area (Å²) in [4.78, 5) is 25.6. The fraction of sp³-hybridized carbons (Fsp3) is 0.167. The minimum absolute atomic E-state index is 0.0707. The van der Waals surface area contributed by atoms with Gasteiger partial charge in [0.15, 0.2) is 0 Å². The molecule has 0 saturated heterocycles. The molecule has 0 aromatic heterocycles. The first-order valence-corrected chi connectivity index (χ1v) is 10.4. The van der Waals surface area contributed by atoms with E-state index in [4.69, 9.17) is 0 Å². The highest BCUT2D eigenvalue weighted by atomic mass is 32.2. The second kappa shape index (κ2) is 9.59. The van der Waals surface area contributed by atoms with Gasteiger partial charge >= 0.3 is 0 Å². The zero-order valence-electron chi connectivity index (χ0n) is 17.0. The number of benzene rings is 3. The lowest BCUT2D eigenvalue weighted by Gasteiger charge is -2.13. The van der Waals surface area contributed by atoms with Crippen molar-refractivity contribution in [2.45, 2.75) is 30.9 Å². The molecule has 0 saturated carbocycles. The zero-order valence-corrected chi connectivity index (χ0v) is 17.8. The molecule has 2 N–H and O–H groups in total. The molecule has 0 spiro atoms. The van der Waals surface area contributed by atoms with E-state index in [-0.39, 0.29) is 22.9 Å². The fourth-order valence-corrected chi connectivity index (χ4v) is 3.84. The van der Waals surface area contributed by atoms with Gasteiger partial charge in [-0.25, -0.2) is 4.39 Å². The van der Waals surface area contributed by atoms with Crippen LogP contribution in [-0.2, 0) is 4.79 Å². The van der Waals surface area contributed by atoms with E-state index in [1.54, 1.807) is 12.1 Å². The highest BCUT2D eigenvalue weighted by molar-refractivity contribution is 8.00. The summed E-state index contributed by atoms with van der Waals surface area (Å²) in [6.45, 7) is 5.85. The van der Waals surface area contributed by atoms with Crippen molar-refractivity contribution in [1.29, 1.82) is 0 Å². The second-order valence-corrected chi connectivity index (χ2v) is 8.53. The number of anilines is 2. The quantitative estimate of drug-likeness (QED) is 0.493. The Morgan fingerprint density at radius 1 is 0.833 bits per heavy atom. The van der Waals surface area contributed by atoms with Crippen molar-refractivity contribution in [3.63, 3.8) is 0 Å². The van der Waals surface area contributed by atoms with E-state index < -0.39 is 0 Å². The number of nitrogens with one attached hydrogen (secondary N) is 2. The molecule has 0 aliphatic heterocycles. The van der Waals surface area contributed by atoms with E-state index in [1.165, 1.54) is 36.0 Å². The highest BCUT2D eigenvalue weighted by Crippen LogP contribution is 2.26. The van der Waals surface area contributed by atoms with E-state index >= 15 is 0 Å². The van der Waals surface area contributed by atoms with Gasteiger partial charge in [0.2, 0.25) is 5.91 Å². The first-order chi connectivity index (χ1) is 14.3. The molecule has 2 amide bonds. The Morgan fingerprint density at radius 3 is 2.03 bits per heavy atom. The average molecular weight is 423 g/mol. The minimum atomic E-state index is -0.386. The van der Waals surface area contributed by atoms with Crippen LogP contribution in [0.3, 0.4) is 0 Å². The van der Waals surface area contributed by atoms with Crippen molar-refractivity contribution in [3.8, 4) is 0 Å². The normalized spacial score (nSPS) is 11.6. The molecule has 4 nitrogen and oxygen atoms in total. The van der Waals surface area contributed by atoms with Crippen molar-refractivity contribution in [3.05, 3.63) is 89.2 Å². The van der Waals surface area contributed by atoms with Gasteiger partial charge in [0.25, 0.3) is 5.91 Å². The standard InChI is InChI=1S/C24H23FN2O2S/c1-15-12-16(2)14-21(13-15)27-23(28)17(3)30-22-10-8-20(9-11-22)26-24(29)18-4-6-19(25)7-5-18/h4-14,17H,1-3H3,(H,26,29)(H,27,28). The van der Waals surface area contributed by atoms with Gasteiger partial charge in [0.05, 0.1) is 5.25 Å². The van der Waals surface area contributed by atoms with Crippen LogP contribution in [0.2, 0.25) is 0 Å². The Morgan fingerprint density at radius 2 is 1.43 bits per heavy atom. The number of carbonyl (C=O) groups excluding carboxylic acids is 2. The molecule has 1 atom stereocenters. The zero-order chi connectivity index (χ0) is 21.7. The molecular weight excluding hydrogens is 399 g/mol. The summed E-state index contributed by atoms with van der Waals surface area (Å²) in [6, 6.07) is 18.6. The Bertz CT molecular complexity index is 1030. The van der Waals surface area contributed by atoms with Gasteiger partial charge in [-0.2, -0.15) is 0 Å². The summed E-state index contributed by atoms with van der Waals surface area (Å²) < 4.78 is 13.0. The maximum absolute atomic E-state index is 13.0. The Balaban J connectivity index is 1.57. The van der Waals surface area contributed by atoms with E-state index in [9.17, 15) is 14.0 Å². The van der Waals surface area contributed by atoms with Crippen LogP contribution in [0.25, 0.3) is 0 Å². The van der Waals surface area contributed by atoms with Crippen LogP contribution in [0.4, 0.5) is 15.8 Å². The lowest BCUT2D eigenvalue weighted by molar-refractivity contribution is -0.115. The molecule has 0 heterocycles. The molecule has 6 heteroatoms. The van der Waals surface area contributed by atoms with Gasteiger partial charge in [-0.05, 0) is 92.6 Å². The maximum Gasteiger partial charge on any atom is 0.255 e. The molecule has 0 radical (unpaired) electrons. The summed E-state index contributed by atoms with van der Waals surface area (Å²) in [5.41, 5.74) is 4.00. The highest BCUT2D eigenvalue weighted by Gasteiger charge is 2.15. The average Bonchev–Trinajstić information content (AvgIpc) is 2.69. The van der Waals surface area contributed by atoms with Gasteiger partial charge in [-0.3, -0.25) is 9.59 Å². The molecule has 0 aliphatic carbocycles. The van der Waals surface area contributed by atoms with Crippen molar-refractivity contribution in [2.24, 2.45) is 0 Å². The SMILES string of the molecule is Cc1cc(C)cc(NC(=O)C(C)Sc2ccc(NC(=O)c3ccc(F)cc3)cc2)c1. The van der Waals surface area contributed by atoms with Crippen LogP contribution in [0, 0.1) is 19.7 Å². The maximum atomic E-state index is 13.0. The number of carbonyl (C=O) groups is 2. The minimum Gasteiger partial charge on any atom is -0.325 e. The van der Waals surface area contributed by atoms with Crippen LogP contribution < -0.4 is 10.6 Å². The van der Waals surface area contributed by atoms with E-state index in [2.05, 4.69) is 16.7 Å². The fourth-order valence-electron chi connectivity index (χ4n) is 2.97. The first-order valence-electron chi connectivity index (χ1n) is 9.53. The predicted octanol–water partition coefficient (Wildman–Crippen LogP) is 5.81. The van der Waals surface area contributed by atoms with E-state index in [0.717, 1.165) is 21.7 Å². The molecule has 3 aromatic rings. The predicted molar refractivity (Wildman–Crippen MR) is 121 cm³/mol. The van der Waals surface area contributed by atoms with E-state index in [0.29, 0.717) is 11.3 Å². The van der Waals surface area contributed by atoms with Gasteiger partial charge in [-0.15, -0.1) is 11.8 Å². The van der Waals surface area contributed by atoms with Crippen LogP contribution in [0.5, 0.6) is 0 Å². The van der Waals surface area contributed by atoms with Gasteiger partial charge in [0.1, 0.15) is 5.82 Å².